The van der Waals surface area contributed by atoms with Crippen LogP contribution in [0.4, 0.5) is 22.0 Å². The zero-order valence-corrected chi connectivity index (χ0v) is 13.3. The van der Waals surface area contributed by atoms with Gasteiger partial charge in [-0.15, -0.1) is 10.2 Å². The van der Waals surface area contributed by atoms with Crippen LogP contribution in [0.1, 0.15) is 12.4 Å². The molecule has 0 aliphatic heterocycles. The van der Waals surface area contributed by atoms with E-state index < -0.39 is 18.6 Å². The first-order chi connectivity index (χ1) is 12.3. The largest absolute Gasteiger partial charge is 0.453 e. The summed E-state index contributed by atoms with van der Waals surface area (Å²) in [4.78, 5) is 4.11. The van der Waals surface area contributed by atoms with Crippen molar-refractivity contribution in [2.45, 2.75) is 22.9 Å². The van der Waals surface area contributed by atoms with Gasteiger partial charge in [0.15, 0.2) is 10.8 Å². The monoisotopic (exact) mass is 386 g/mol. The van der Waals surface area contributed by atoms with Crippen molar-refractivity contribution in [3.8, 4) is 0 Å². The van der Waals surface area contributed by atoms with Gasteiger partial charge in [-0.25, -0.2) is 4.98 Å². The number of alkyl halides is 5. The number of nitrogens with zero attached hydrogens (tertiary/aromatic N) is 6. The minimum absolute atomic E-state index is 0.0417. The summed E-state index contributed by atoms with van der Waals surface area (Å²) >= 11 is 0.723. The number of imidazole rings is 1. The molecule has 0 fully saturated rings. The number of fused-ring (bicyclic) bond motifs is 2. The maximum absolute atomic E-state index is 13.4. The predicted molar refractivity (Wildman–Crippen MR) is 80.9 cm³/mol. The summed E-state index contributed by atoms with van der Waals surface area (Å²) in [5.74, 6) is -1.29. The molecule has 4 rings (SSSR count). The van der Waals surface area contributed by atoms with Crippen LogP contribution in [0.5, 0.6) is 0 Å². The highest BCUT2D eigenvalue weighted by atomic mass is 32.2. The van der Waals surface area contributed by atoms with E-state index in [0.717, 1.165) is 11.8 Å². The zero-order chi connectivity index (χ0) is 18.5. The number of rotatable bonds is 3. The van der Waals surface area contributed by atoms with Crippen LogP contribution in [0.3, 0.4) is 0 Å². The van der Waals surface area contributed by atoms with Crippen molar-refractivity contribution in [2.75, 3.05) is 0 Å². The summed E-state index contributed by atoms with van der Waals surface area (Å²) in [7, 11) is 0. The highest BCUT2D eigenvalue weighted by molar-refractivity contribution is 7.99. The lowest BCUT2D eigenvalue weighted by molar-refractivity contribution is -0.146. The standard InChI is InChI=1S/C14H7F5N6S/c15-12(16)24-8-4-2-1-3-7(8)20-13(24)26-10-6-5-9-21-22-11(14(17,18)19)25(9)23-10/h1-6,12H. The average molecular weight is 386 g/mol. The Morgan fingerprint density at radius 2 is 1.77 bits per heavy atom. The molecule has 6 nitrogen and oxygen atoms in total. The fourth-order valence-corrected chi connectivity index (χ4v) is 3.25. The van der Waals surface area contributed by atoms with Crippen molar-refractivity contribution >= 4 is 28.4 Å². The molecule has 4 aromatic rings. The molecule has 26 heavy (non-hydrogen) atoms. The van der Waals surface area contributed by atoms with E-state index in [-0.39, 0.29) is 21.3 Å². The van der Waals surface area contributed by atoms with Gasteiger partial charge in [-0.1, -0.05) is 12.1 Å². The SMILES string of the molecule is FC(F)n1c(Sc2ccc3nnc(C(F)(F)F)n3n2)nc2ccccc21. The molecule has 0 saturated carbocycles. The topological polar surface area (TPSA) is 60.9 Å². The Morgan fingerprint density at radius 3 is 2.50 bits per heavy atom. The van der Waals surface area contributed by atoms with Gasteiger partial charge in [0.1, 0.15) is 5.03 Å². The van der Waals surface area contributed by atoms with Crippen LogP contribution in [0.25, 0.3) is 16.7 Å². The van der Waals surface area contributed by atoms with Crippen molar-refractivity contribution < 1.29 is 22.0 Å². The van der Waals surface area contributed by atoms with Gasteiger partial charge in [0.2, 0.25) is 0 Å². The zero-order valence-electron chi connectivity index (χ0n) is 12.5. The fourth-order valence-electron chi connectivity index (χ4n) is 2.38. The molecule has 0 amide bonds. The van der Waals surface area contributed by atoms with E-state index in [9.17, 15) is 22.0 Å². The summed E-state index contributed by atoms with van der Waals surface area (Å²) in [5, 5.41) is 10.2. The number of halogens is 5. The Labute approximate surface area is 145 Å². The lowest BCUT2D eigenvalue weighted by atomic mass is 10.3. The first-order valence-corrected chi connectivity index (χ1v) is 7.89. The molecular formula is C14H7F5N6S. The van der Waals surface area contributed by atoms with Crippen molar-refractivity contribution in [3.05, 3.63) is 42.2 Å². The molecule has 0 saturated heterocycles. The lowest BCUT2D eigenvalue weighted by Crippen LogP contribution is -2.12. The quantitative estimate of drug-likeness (QED) is 0.498. The maximum Gasteiger partial charge on any atom is 0.453 e. The summed E-state index contributed by atoms with van der Waals surface area (Å²) in [5.41, 5.74) is 0.451. The van der Waals surface area contributed by atoms with Crippen molar-refractivity contribution in [3.63, 3.8) is 0 Å². The molecule has 0 spiro atoms. The maximum atomic E-state index is 13.4. The normalized spacial score (nSPS) is 12.5. The predicted octanol–water partition coefficient (Wildman–Crippen LogP) is 4.04. The van der Waals surface area contributed by atoms with Gasteiger partial charge in [-0.2, -0.15) is 31.6 Å². The van der Waals surface area contributed by atoms with Gasteiger partial charge in [0, 0.05) is 0 Å². The summed E-state index contributed by atoms with van der Waals surface area (Å²) < 4.78 is 66.9. The Bertz CT molecular complexity index is 1100. The third-order valence-electron chi connectivity index (χ3n) is 3.45. The highest BCUT2D eigenvalue weighted by Crippen LogP contribution is 2.33. The second-order valence-corrected chi connectivity index (χ2v) is 6.08. The number of para-hydroxylation sites is 2. The van der Waals surface area contributed by atoms with Crippen LogP contribution in [0, 0.1) is 0 Å². The molecule has 0 aliphatic carbocycles. The molecule has 1 aromatic carbocycles. The van der Waals surface area contributed by atoms with Crippen molar-refractivity contribution in [1.82, 2.24) is 29.4 Å². The van der Waals surface area contributed by atoms with E-state index in [1.54, 1.807) is 18.2 Å². The Hall–Kier alpha value is -2.76. The van der Waals surface area contributed by atoms with Crippen LogP contribution >= 0.6 is 11.8 Å². The molecule has 3 heterocycles. The molecule has 12 heteroatoms. The number of aromatic nitrogens is 6. The van der Waals surface area contributed by atoms with Crippen LogP contribution < -0.4 is 0 Å². The van der Waals surface area contributed by atoms with Crippen LogP contribution in [0.15, 0.2) is 46.6 Å². The van der Waals surface area contributed by atoms with E-state index in [4.69, 9.17) is 0 Å². The average Bonchev–Trinajstić information content (AvgIpc) is 3.14. The number of benzene rings is 1. The van der Waals surface area contributed by atoms with E-state index in [0.29, 0.717) is 14.6 Å². The third-order valence-corrected chi connectivity index (χ3v) is 4.34. The van der Waals surface area contributed by atoms with Gasteiger partial charge in [-0.05, 0) is 36.0 Å². The minimum atomic E-state index is -4.74. The summed E-state index contributed by atoms with van der Waals surface area (Å²) in [6.07, 6.45) is -4.74. The molecule has 134 valence electrons. The molecule has 0 radical (unpaired) electrons. The Kier molecular flexibility index (Phi) is 3.79. The van der Waals surface area contributed by atoms with E-state index in [1.807, 2.05) is 0 Å². The molecule has 0 bridgehead atoms. The van der Waals surface area contributed by atoms with E-state index >= 15 is 0 Å². The molecule has 0 N–H and O–H groups in total. The van der Waals surface area contributed by atoms with E-state index in [1.165, 1.54) is 18.2 Å². The van der Waals surface area contributed by atoms with E-state index in [2.05, 4.69) is 20.3 Å². The summed E-state index contributed by atoms with van der Waals surface area (Å²) in [6, 6.07) is 8.93. The van der Waals surface area contributed by atoms with Gasteiger partial charge in [0.05, 0.1) is 11.0 Å². The second-order valence-electron chi connectivity index (χ2n) is 5.10. The first kappa shape index (κ1) is 16.7. The molecule has 0 atom stereocenters. The Morgan fingerprint density at radius 1 is 1.00 bits per heavy atom. The number of hydrogen-bond acceptors (Lipinski definition) is 5. The van der Waals surface area contributed by atoms with Crippen molar-refractivity contribution in [2.24, 2.45) is 0 Å². The fraction of sp³-hybridized carbons (Fsp3) is 0.143. The van der Waals surface area contributed by atoms with Crippen LogP contribution in [0.2, 0.25) is 0 Å². The second kappa shape index (κ2) is 5.90. The van der Waals surface area contributed by atoms with Gasteiger partial charge < -0.3 is 0 Å². The first-order valence-electron chi connectivity index (χ1n) is 7.07. The molecule has 0 aliphatic rings. The Balaban J connectivity index is 1.80. The van der Waals surface area contributed by atoms with Gasteiger partial charge in [-0.3, -0.25) is 4.57 Å². The smallest absolute Gasteiger partial charge is 0.261 e. The minimum Gasteiger partial charge on any atom is -0.261 e. The lowest BCUT2D eigenvalue weighted by Gasteiger charge is -2.07. The number of hydrogen-bond donors (Lipinski definition) is 0. The molecule has 0 unspecified atom stereocenters. The molecule has 3 aromatic heterocycles. The van der Waals surface area contributed by atoms with Crippen LogP contribution in [-0.4, -0.2) is 29.4 Å². The molecular weight excluding hydrogens is 379 g/mol. The van der Waals surface area contributed by atoms with Gasteiger partial charge in [0.25, 0.3) is 5.82 Å². The van der Waals surface area contributed by atoms with Gasteiger partial charge >= 0.3 is 12.7 Å². The van der Waals surface area contributed by atoms with Crippen molar-refractivity contribution in [1.29, 1.82) is 0 Å². The van der Waals surface area contributed by atoms with Crippen LogP contribution in [-0.2, 0) is 6.18 Å². The highest BCUT2D eigenvalue weighted by Gasteiger charge is 2.37. The third kappa shape index (κ3) is 2.75. The summed E-state index contributed by atoms with van der Waals surface area (Å²) in [6.45, 7) is -2.87.